The van der Waals surface area contributed by atoms with Gasteiger partial charge >= 0.3 is 0 Å². The molecule has 23 heavy (non-hydrogen) atoms. The van der Waals surface area contributed by atoms with Crippen molar-refractivity contribution in [3.63, 3.8) is 0 Å². The number of nitrogens with zero attached hydrogens (tertiary/aromatic N) is 3. The van der Waals surface area contributed by atoms with Gasteiger partial charge in [-0.1, -0.05) is 0 Å². The molecule has 0 aromatic carbocycles. The average molecular weight is 313 g/mol. The van der Waals surface area contributed by atoms with Crippen LogP contribution >= 0.6 is 0 Å². The van der Waals surface area contributed by atoms with Crippen molar-refractivity contribution < 1.29 is 0 Å². The first-order valence-corrected chi connectivity index (χ1v) is 9.30. The van der Waals surface area contributed by atoms with Crippen molar-refractivity contribution in [2.75, 3.05) is 23.7 Å². The van der Waals surface area contributed by atoms with Crippen molar-refractivity contribution in [1.82, 2.24) is 9.97 Å². The minimum Gasteiger partial charge on any atom is -0.368 e. The highest BCUT2D eigenvalue weighted by molar-refractivity contribution is 5.46. The molecule has 4 N–H and O–H groups in total. The second kappa shape index (κ2) is 5.07. The molecule has 1 aromatic rings. The summed E-state index contributed by atoms with van der Waals surface area (Å²) in [6.07, 6.45) is 8.16. The predicted molar refractivity (Wildman–Crippen MR) is 91.0 cm³/mol. The molecular formula is C18H27N5. The molecule has 6 rings (SSSR count). The van der Waals surface area contributed by atoms with Gasteiger partial charge in [0.15, 0.2) is 0 Å². The van der Waals surface area contributed by atoms with Crippen molar-refractivity contribution in [3.8, 4) is 0 Å². The second-order valence-electron chi connectivity index (χ2n) is 8.46. The molecule has 124 valence electrons. The van der Waals surface area contributed by atoms with Crippen LogP contribution in [0.15, 0.2) is 6.07 Å². The van der Waals surface area contributed by atoms with Gasteiger partial charge in [0.05, 0.1) is 5.69 Å². The Labute approximate surface area is 137 Å². The molecule has 1 unspecified atom stereocenters. The molecule has 5 fully saturated rings. The van der Waals surface area contributed by atoms with Gasteiger partial charge in [-0.15, -0.1) is 0 Å². The van der Waals surface area contributed by atoms with Crippen LogP contribution in [0.3, 0.4) is 0 Å². The van der Waals surface area contributed by atoms with E-state index in [-0.39, 0.29) is 6.04 Å². The van der Waals surface area contributed by atoms with Crippen LogP contribution in [0.2, 0.25) is 0 Å². The Morgan fingerprint density at radius 2 is 1.70 bits per heavy atom. The van der Waals surface area contributed by atoms with Gasteiger partial charge in [0.2, 0.25) is 5.95 Å². The fourth-order valence-electron chi connectivity index (χ4n) is 6.21. The quantitative estimate of drug-likeness (QED) is 0.874. The van der Waals surface area contributed by atoms with Gasteiger partial charge in [-0.3, -0.25) is 0 Å². The Morgan fingerprint density at radius 1 is 1.00 bits per heavy atom. The highest BCUT2D eigenvalue weighted by Gasteiger charge is 2.49. The highest BCUT2D eigenvalue weighted by Crippen LogP contribution is 2.59. The Hall–Kier alpha value is -1.36. The summed E-state index contributed by atoms with van der Waals surface area (Å²) < 4.78 is 0. The first kappa shape index (κ1) is 14.0. The summed E-state index contributed by atoms with van der Waals surface area (Å²) in [5.74, 6) is 5.68. The lowest BCUT2D eigenvalue weighted by atomic mass is 9.51. The molecule has 0 amide bonds. The van der Waals surface area contributed by atoms with Gasteiger partial charge in [-0.25, -0.2) is 4.98 Å². The number of aromatic nitrogens is 2. The molecule has 4 aliphatic carbocycles. The third kappa shape index (κ3) is 2.32. The average Bonchev–Trinajstić information content (AvgIpc) is 2.92. The highest BCUT2D eigenvalue weighted by atomic mass is 15.2. The van der Waals surface area contributed by atoms with E-state index < -0.39 is 0 Å². The zero-order valence-corrected chi connectivity index (χ0v) is 13.7. The van der Waals surface area contributed by atoms with Crippen LogP contribution in [0.5, 0.6) is 0 Å². The van der Waals surface area contributed by atoms with Crippen molar-refractivity contribution in [2.24, 2.45) is 29.4 Å². The zero-order chi connectivity index (χ0) is 15.6. The number of anilines is 2. The molecule has 0 radical (unpaired) electrons. The van der Waals surface area contributed by atoms with Crippen LogP contribution in [0.4, 0.5) is 11.8 Å². The summed E-state index contributed by atoms with van der Waals surface area (Å²) in [5, 5.41) is 0. The van der Waals surface area contributed by atoms with Gasteiger partial charge in [0.1, 0.15) is 5.82 Å². The second-order valence-corrected chi connectivity index (χ2v) is 8.46. The van der Waals surface area contributed by atoms with E-state index >= 15 is 0 Å². The van der Waals surface area contributed by atoms with E-state index in [1.807, 2.05) is 0 Å². The monoisotopic (exact) mass is 313 g/mol. The fraction of sp³-hybridized carbons (Fsp3) is 0.778. The Bertz CT molecular complexity index is 587. The number of nitrogens with two attached hydrogens (primary N) is 2. The molecule has 1 aromatic heterocycles. The first-order valence-electron chi connectivity index (χ1n) is 9.30. The van der Waals surface area contributed by atoms with E-state index in [1.54, 1.807) is 0 Å². The van der Waals surface area contributed by atoms with Gasteiger partial charge in [-0.2, -0.15) is 4.98 Å². The third-order valence-corrected chi connectivity index (χ3v) is 6.87. The van der Waals surface area contributed by atoms with Crippen LogP contribution < -0.4 is 16.4 Å². The fourth-order valence-corrected chi connectivity index (χ4v) is 6.21. The SMILES string of the molecule is Nc1nc(C2C3CC4CC(C3)CC2C4)cc(N2CCC(N)C2)n1. The first-order chi connectivity index (χ1) is 11.2. The maximum atomic E-state index is 6.07. The van der Waals surface area contributed by atoms with E-state index in [4.69, 9.17) is 11.5 Å². The predicted octanol–water partition coefficient (Wildman–Crippen LogP) is 2.14. The standard InChI is InChI=1S/C18H27N5/c19-14-1-2-23(9-14)16-8-15(21-18(20)22-16)17-12-4-10-3-11(6-12)7-13(17)5-10/h8,10-14,17H,1-7,9,19H2,(H2,20,21,22). The van der Waals surface area contributed by atoms with Crippen LogP contribution in [-0.4, -0.2) is 29.1 Å². The topological polar surface area (TPSA) is 81.1 Å². The van der Waals surface area contributed by atoms with Crippen LogP contribution in [0.25, 0.3) is 0 Å². The van der Waals surface area contributed by atoms with Gasteiger partial charge in [0.25, 0.3) is 0 Å². The van der Waals surface area contributed by atoms with E-state index in [0.29, 0.717) is 11.9 Å². The maximum absolute atomic E-state index is 6.07. The van der Waals surface area contributed by atoms with E-state index in [2.05, 4.69) is 20.9 Å². The molecule has 5 heteroatoms. The van der Waals surface area contributed by atoms with Gasteiger partial charge < -0.3 is 16.4 Å². The van der Waals surface area contributed by atoms with Crippen LogP contribution in [0.1, 0.15) is 50.1 Å². The molecule has 4 saturated carbocycles. The Morgan fingerprint density at radius 3 is 2.30 bits per heavy atom. The summed E-state index contributed by atoms with van der Waals surface area (Å²) in [4.78, 5) is 11.5. The van der Waals surface area contributed by atoms with Crippen LogP contribution in [0, 0.1) is 23.7 Å². The third-order valence-electron chi connectivity index (χ3n) is 6.87. The molecule has 2 heterocycles. The molecule has 4 bridgehead atoms. The summed E-state index contributed by atoms with van der Waals surface area (Å²) in [7, 11) is 0. The lowest BCUT2D eigenvalue weighted by Gasteiger charge is -2.54. The van der Waals surface area contributed by atoms with E-state index in [1.165, 1.54) is 37.8 Å². The minimum atomic E-state index is 0.260. The molecule has 1 saturated heterocycles. The van der Waals surface area contributed by atoms with Crippen LogP contribution in [-0.2, 0) is 0 Å². The lowest BCUT2D eigenvalue weighted by molar-refractivity contribution is -0.00412. The number of rotatable bonds is 2. The smallest absolute Gasteiger partial charge is 0.222 e. The number of hydrogen-bond donors (Lipinski definition) is 2. The van der Waals surface area contributed by atoms with Crippen molar-refractivity contribution in [1.29, 1.82) is 0 Å². The van der Waals surface area contributed by atoms with Crippen molar-refractivity contribution >= 4 is 11.8 Å². The molecule has 5 aliphatic rings. The summed E-state index contributed by atoms with van der Waals surface area (Å²) in [6.45, 7) is 1.87. The zero-order valence-electron chi connectivity index (χ0n) is 13.7. The number of hydrogen-bond acceptors (Lipinski definition) is 5. The summed E-state index contributed by atoms with van der Waals surface area (Å²) in [5.41, 5.74) is 13.3. The van der Waals surface area contributed by atoms with Gasteiger partial charge in [-0.05, 0) is 62.2 Å². The normalized spacial score (nSPS) is 41.7. The van der Waals surface area contributed by atoms with Gasteiger partial charge in [0, 0.05) is 31.1 Å². The van der Waals surface area contributed by atoms with Crippen molar-refractivity contribution in [3.05, 3.63) is 11.8 Å². The minimum absolute atomic E-state index is 0.260. The Kier molecular flexibility index (Phi) is 3.09. The maximum Gasteiger partial charge on any atom is 0.222 e. The molecule has 1 aliphatic heterocycles. The Balaban J connectivity index is 1.47. The van der Waals surface area contributed by atoms with Crippen molar-refractivity contribution in [2.45, 2.75) is 50.5 Å². The molecule has 5 nitrogen and oxygen atoms in total. The molecular weight excluding hydrogens is 286 g/mol. The van der Waals surface area contributed by atoms with E-state index in [0.717, 1.165) is 49.0 Å². The van der Waals surface area contributed by atoms with E-state index in [9.17, 15) is 0 Å². The number of nitrogen functional groups attached to an aromatic ring is 1. The lowest BCUT2D eigenvalue weighted by Crippen LogP contribution is -2.44. The molecule has 1 atom stereocenters. The summed E-state index contributed by atoms with van der Waals surface area (Å²) >= 11 is 0. The molecule has 0 spiro atoms. The summed E-state index contributed by atoms with van der Waals surface area (Å²) in [6, 6.07) is 2.48. The largest absolute Gasteiger partial charge is 0.368 e.